The number of benzene rings is 2. The van der Waals surface area contributed by atoms with Crippen LogP contribution in [0.25, 0.3) is 10.9 Å². The molecule has 2 aromatic carbocycles. The van der Waals surface area contributed by atoms with Crippen molar-refractivity contribution in [2.24, 2.45) is 0 Å². The van der Waals surface area contributed by atoms with Crippen molar-refractivity contribution < 1.29 is 9.21 Å². The Morgan fingerprint density at radius 2 is 1.80 bits per heavy atom. The highest BCUT2D eigenvalue weighted by Crippen LogP contribution is 2.35. The van der Waals surface area contributed by atoms with E-state index in [-0.39, 0.29) is 18.0 Å². The summed E-state index contributed by atoms with van der Waals surface area (Å²) in [4.78, 5) is 32.6. The summed E-state index contributed by atoms with van der Waals surface area (Å²) in [5.41, 5.74) is 1.29. The molecule has 6 nitrogen and oxygen atoms in total. The van der Waals surface area contributed by atoms with Crippen molar-refractivity contribution in [1.29, 1.82) is 0 Å². The third-order valence-electron chi connectivity index (χ3n) is 4.71. The summed E-state index contributed by atoms with van der Waals surface area (Å²) in [5.74, 6) is 0.574. The molecule has 2 aromatic heterocycles. The third-order valence-corrected chi connectivity index (χ3v) is 5.94. The molecule has 0 aliphatic carbocycles. The number of para-hydroxylation sites is 1. The van der Waals surface area contributed by atoms with E-state index < -0.39 is 5.25 Å². The largest absolute Gasteiger partial charge is 0.467 e. The van der Waals surface area contributed by atoms with Crippen LogP contribution in [0.3, 0.4) is 0 Å². The van der Waals surface area contributed by atoms with E-state index >= 15 is 0 Å². The molecule has 30 heavy (non-hydrogen) atoms. The lowest BCUT2D eigenvalue weighted by atomic mass is 10.1. The Morgan fingerprint density at radius 1 is 1.07 bits per heavy atom. The van der Waals surface area contributed by atoms with E-state index in [2.05, 4.69) is 0 Å². The molecule has 152 valence electrons. The molecule has 4 rings (SSSR count). The number of fused-ring (bicyclic) bond motifs is 1. The Balaban J connectivity index is 1.85. The fraction of sp³-hybridized carbons (Fsp3) is 0.174. The van der Waals surface area contributed by atoms with Crippen molar-refractivity contribution in [2.45, 2.75) is 17.0 Å². The summed E-state index contributed by atoms with van der Waals surface area (Å²) in [6.45, 7) is 0.240. The quantitative estimate of drug-likeness (QED) is 0.350. The van der Waals surface area contributed by atoms with Gasteiger partial charge in [-0.1, -0.05) is 54.2 Å². The van der Waals surface area contributed by atoms with Gasteiger partial charge in [-0.2, -0.15) is 0 Å². The van der Waals surface area contributed by atoms with Gasteiger partial charge in [0.15, 0.2) is 5.16 Å². The number of nitrogens with zero attached hydrogens (tertiary/aromatic N) is 3. The average Bonchev–Trinajstić information content (AvgIpc) is 3.28. The first-order valence-corrected chi connectivity index (χ1v) is 10.4. The SMILES string of the molecule is CN(C)C(=O)[C@@H](Sc1nc2ccccc2c(=O)n1Cc1ccco1)c1ccccc1. The van der Waals surface area contributed by atoms with Crippen LogP contribution < -0.4 is 5.56 Å². The smallest absolute Gasteiger partial charge is 0.262 e. The number of aromatic nitrogens is 2. The molecule has 0 saturated heterocycles. The van der Waals surface area contributed by atoms with E-state index in [9.17, 15) is 9.59 Å². The van der Waals surface area contributed by atoms with E-state index in [0.717, 1.165) is 5.56 Å². The van der Waals surface area contributed by atoms with Gasteiger partial charge in [0.25, 0.3) is 5.56 Å². The van der Waals surface area contributed by atoms with E-state index in [4.69, 9.17) is 9.40 Å². The lowest BCUT2D eigenvalue weighted by Gasteiger charge is -2.21. The normalized spacial score (nSPS) is 12.1. The molecule has 0 aliphatic rings. The van der Waals surface area contributed by atoms with Crippen LogP contribution in [-0.4, -0.2) is 34.5 Å². The molecule has 0 saturated carbocycles. The van der Waals surface area contributed by atoms with Gasteiger partial charge in [-0.25, -0.2) is 4.98 Å². The maximum atomic E-state index is 13.3. The van der Waals surface area contributed by atoms with Gasteiger partial charge < -0.3 is 9.32 Å². The van der Waals surface area contributed by atoms with Crippen LogP contribution in [0, 0.1) is 0 Å². The van der Waals surface area contributed by atoms with E-state index in [1.165, 1.54) is 11.8 Å². The first-order chi connectivity index (χ1) is 14.5. The van der Waals surface area contributed by atoms with Crippen LogP contribution in [0.4, 0.5) is 0 Å². The highest BCUT2D eigenvalue weighted by molar-refractivity contribution is 8.00. The molecule has 0 spiro atoms. The number of thioether (sulfide) groups is 1. The van der Waals surface area contributed by atoms with Crippen LogP contribution in [0.5, 0.6) is 0 Å². The van der Waals surface area contributed by atoms with Gasteiger partial charge in [0, 0.05) is 14.1 Å². The molecule has 0 unspecified atom stereocenters. The fourth-order valence-electron chi connectivity index (χ4n) is 3.16. The van der Waals surface area contributed by atoms with Gasteiger partial charge in [0.05, 0.1) is 23.7 Å². The van der Waals surface area contributed by atoms with Crippen molar-refractivity contribution in [2.75, 3.05) is 14.1 Å². The lowest BCUT2D eigenvalue weighted by Crippen LogP contribution is -2.28. The number of likely N-dealkylation sites (N-methyl/N-ethyl adjacent to an activating group) is 1. The molecule has 7 heteroatoms. The van der Waals surface area contributed by atoms with Crippen LogP contribution in [0.15, 0.2) is 87.4 Å². The van der Waals surface area contributed by atoms with Crippen LogP contribution in [0.2, 0.25) is 0 Å². The maximum Gasteiger partial charge on any atom is 0.262 e. The Hall–Kier alpha value is -3.32. The number of carbonyl (C=O) groups is 1. The molecule has 0 bridgehead atoms. The van der Waals surface area contributed by atoms with Crippen LogP contribution >= 0.6 is 11.8 Å². The second-order valence-electron chi connectivity index (χ2n) is 7.02. The number of amides is 1. The van der Waals surface area contributed by atoms with Gasteiger partial charge in [-0.05, 0) is 29.8 Å². The van der Waals surface area contributed by atoms with Gasteiger partial charge in [-0.15, -0.1) is 0 Å². The van der Waals surface area contributed by atoms with Gasteiger partial charge in [0.2, 0.25) is 5.91 Å². The topological polar surface area (TPSA) is 68.3 Å². The zero-order valence-corrected chi connectivity index (χ0v) is 17.5. The molecular formula is C23H21N3O3S. The van der Waals surface area contributed by atoms with Gasteiger partial charge in [-0.3, -0.25) is 14.2 Å². The minimum absolute atomic E-state index is 0.0712. The van der Waals surface area contributed by atoms with Gasteiger partial charge in [0.1, 0.15) is 11.0 Å². The summed E-state index contributed by atoms with van der Waals surface area (Å²) >= 11 is 1.27. The number of furan rings is 1. The first-order valence-electron chi connectivity index (χ1n) is 9.49. The highest BCUT2D eigenvalue weighted by Gasteiger charge is 2.26. The molecule has 0 aliphatic heterocycles. The average molecular weight is 420 g/mol. The molecule has 0 fully saturated rings. The Morgan fingerprint density at radius 3 is 2.50 bits per heavy atom. The summed E-state index contributed by atoms with van der Waals surface area (Å²) in [7, 11) is 3.45. The van der Waals surface area contributed by atoms with Crippen molar-refractivity contribution in [3.63, 3.8) is 0 Å². The zero-order valence-electron chi connectivity index (χ0n) is 16.7. The molecule has 1 atom stereocenters. The predicted octanol–water partition coefficient (Wildman–Crippen LogP) is 3.96. The fourth-order valence-corrected chi connectivity index (χ4v) is 4.41. The van der Waals surface area contributed by atoms with Crippen molar-refractivity contribution in [1.82, 2.24) is 14.5 Å². The van der Waals surface area contributed by atoms with E-state index in [0.29, 0.717) is 21.8 Å². The minimum atomic E-state index is -0.530. The molecule has 0 N–H and O–H groups in total. The van der Waals surface area contributed by atoms with Gasteiger partial charge >= 0.3 is 0 Å². The van der Waals surface area contributed by atoms with Crippen molar-refractivity contribution in [3.05, 3.63) is 94.7 Å². The van der Waals surface area contributed by atoms with E-state index in [1.807, 2.05) is 54.6 Å². The molecule has 4 aromatic rings. The number of hydrogen-bond acceptors (Lipinski definition) is 5. The second-order valence-corrected chi connectivity index (χ2v) is 8.10. The summed E-state index contributed by atoms with van der Waals surface area (Å²) in [6.07, 6.45) is 1.57. The Kier molecular flexibility index (Phi) is 5.72. The standard InChI is InChI=1S/C23H21N3O3S/c1-25(2)22(28)20(16-9-4-3-5-10-16)30-23-24-19-13-7-6-12-18(19)21(27)26(23)15-17-11-8-14-29-17/h3-14,20H,15H2,1-2H3/t20-/m0/s1. The number of carbonyl (C=O) groups excluding carboxylic acids is 1. The monoisotopic (exact) mass is 419 g/mol. The Bertz CT molecular complexity index is 1220. The lowest BCUT2D eigenvalue weighted by molar-refractivity contribution is -0.128. The van der Waals surface area contributed by atoms with Crippen molar-refractivity contribution >= 4 is 28.6 Å². The molecule has 0 radical (unpaired) electrons. The number of hydrogen-bond donors (Lipinski definition) is 0. The summed E-state index contributed by atoms with van der Waals surface area (Å²) < 4.78 is 7.04. The molecular weight excluding hydrogens is 398 g/mol. The number of rotatable bonds is 6. The molecule has 1 amide bonds. The zero-order chi connectivity index (χ0) is 21.1. The van der Waals surface area contributed by atoms with Crippen molar-refractivity contribution in [3.8, 4) is 0 Å². The minimum Gasteiger partial charge on any atom is -0.467 e. The Labute approximate surface area is 178 Å². The molecule has 2 heterocycles. The maximum absolute atomic E-state index is 13.3. The highest BCUT2D eigenvalue weighted by atomic mass is 32.2. The third kappa shape index (κ3) is 4.02. The summed E-state index contributed by atoms with van der Waals surface area (Å²) in [6, 6.07) is 20.4. The predicted molar refractivity (Wildman–Crippen MR) is 118 cm³/mol. The second kappa shape index (κ2) is 8.59. The summed E-state index contributed by atoms with van der Waals surface area (Å²) in [5, 5.41) is 0.472. The van der Waals surface area contributed by atoms with E-state index in [1.54, 1.807) is 42.0 Å². The first kappa shape index (κ1) is 20.0. The van der Waals surface area contributed by atoms with Crippen LogP contribution in [0.1, 0.15) is 16.6 Å². The van der Waals surface area contributed by atoms with Crippen LogP contribution in [-0.2, 0) is 11.3 Å².